The number of amides is 1. The van der Waals surface area contributed by atoms with E-state index in [0.717, 1.165) is 10.0 Å². The first-order valence-corrected chi connectivity index (χ1v) is 6.60. The Kier molecular flexibility index (Phi) is 4.24. The molecule has 4 nitrogen and oxygen atoms in total. The van der Waals surface area contributed by atoms with Crippen molar-refractivity contribution >= 4 is 44.9 Å². The van der Waals surface area contributed by atoms with Crippen molar-refractivity contribution in [2.24, 2.45) is 5.73 Å². The fraction of sp³-hybridized carbons (Fsp3) is 0. The lowest BCUT2D eigenvalue weighted by molar-refractivity contribution is 0.102. The molecule has 1 heterocycles. The Morgan fingerprint density at radius 1 is 1.21 bits per heavy atom. The van der Waals surface area contributed by atoms with Gasteiger partial charge in [0.15, 0.2) is 0 Å². The van der Waals surface area contributed by atoms with E-state index in [2.05, 4.69) is 26.2 Å². The number of carbonyl (C=O) groups excluding carboxylic acids is 1. The molecule has 0 unspecified atom stereocenters. The van der Waals surface area contributed by atoms with Gasteiger partial charge in [0.05, 0.1) is 4.47 Å². The number of halogens is 1. The molecule has 0 saturated heterocycles. The molecule has 0 atom stereocenters. The standard InChI is InChI=1S/C13H10BrN3OS/c14-10-2-1-7-16-12(10)17-13(18)9-5-3-8(4-6-9)11(15)19/h1-7H,(H2,15,19)(H,16,17,18). The molecular formula is C13H10BrN3OS. The molecule has 0 saturated carbocycles. The van der Waals surface area contributed by atoms with Crippen LogP contribution in [0, 0.1) is 0 Å². The number of rotatable bonds is 3. The highest BCUT2D eigenvalue weighted by Crippen LogP contribution is 2.19. The number of hydrogen-bond donors (Lipinski definition) is 2. The number of nitrogens with one attached hydrogen (secondary N) is 1. The van der Waals surface area contributed by atoms with Gasteiger partial charge < -0.3 is 11.1 Å². The third-order valence-electron chi connectivity index (χ3n) is 2.42. The van der Waals surface area contributed by atoms with Crippen LogP contribution in [-0.2, 0) is 0 Å². The van der Waals surface area contributed by atoms with Crippen LogP contribution in [0.25, 0.3) is 0 Å². The predicted molar refractivity (Wildman–Crippen MR) is 82.2 cm³/mol. The molecular weight excluding hydrogens is 326 g/mol. The number of aromatic nitrogens is 1. The van der Waals surface area contributed by atoms with Gasteiger partial charge in [0, 0.05) is 17.3 Å². The van der Waals surface area contributed by atoms with Gasteiger partial charge in [-0.15, -0.1) is 0 Å². The van der Waals surface area contributed by atoms with E-state index in [-0.39, 0.29) is 5.91 Å². The minimum Gasteiger partial charge on any atom is -0.389 e. The van der Waals surface area contributed by atoms with Crippen LogP contribution in [0.1, 0.15) is 15.9 Å². The lowest BCUT2D eigenvalue weighted by Crippen LogP contribution is -2.14. The molecule has 0 aliphatic heterocycles. The molecule has 6 heteroatoms. The summed E-state index contributed by atoms with van der Waals surface area (Å²) in [6.45, 7) is 0. The van der Waals surface area contributed by atoms with Crippen molar-refractivity contribution < 1.29 is 4.79 Å². The molecule has 0 radical (unpaired) electrons. The van der Waals surface area contributed by atoms with E-state index in [1.807, 2.05) is 0 Å². The number of nitrogens with zero attached hydrogens (tertiary/aromatic N) is 1. The summed E-state index contributed by atoms with van der Waals surface area (Å²) in [5, 5.41) is 2.71. The first-order valence-electron chi connectivity index (χ1n) is 5.39. The van der Waals surface area contributed by atoms with E-state index in [4.69, 9.17) is 18.0 Å². The van der Waals surface area contributed by atoms with Gasteiger partial charge in [-0.25, -0.2) is 4.98 Å². The van der Waals surface area contributed by atoms with Crippen LogP contribution in [0.4, 0.5) is 5.82 Å². The minimum absolute atomic E-state index is 0.242. The summed E-state index contributed by atoms with van der Waals surface area (Å²) in [7, 11) is 0. The molecule has 0 fully saturated rings. The average molecular weight is 336 g/mol. The van der Waals surface area contributed by atoms with E-state index in [1.54, 1.807) is 42.6 Å². The monoisotopic (exact) mass is 335 g/mol. The van der Waals surface area contributed by atoms with Crippen LogP contribution < -0.4 is 11.1 Å². The zero-order valence-corrected chi connectivity index (χ0v) is 12.2. The first-order chi connectivity index (χ1) is 9.08. The molecule has 2 aromatic rings. The van der Waals surface area contributed by atoms with Gasteiger partial charge in [0.2, 0.25) is 0 Å². The molecule has 19 heavy (non-hydrogen) atoms. The second-order valence-corrected chi connectivity index (χ2v) is 5.02. The van der Waals surface area contributed by atoms with Crippen LogP contribution in [-0.4, -0.2) is 15.9 Å². The first kappa shape index (κ1) is 13.6. The van der Waals surface area contributed by atoms with Gasteiger partial charge in [-0.05, 0) is 40.2 Å². The van der Waals surface area contributed by atoms with Gasteiger partial charge >= 0.3 is 0 Å². The van der Waals surface area contributed by atoms with Crippen molar-refractivity contribution in [3.05, 3.63) is 58.2 Å². The lowest BCUT2D eigenvalue weighted by atomic mass is 10.1. The van der Waals surface area contributed by atoms with Crippen LogP contribution in [0.5, 0.6) is 0 Å². The van der Waals surface area contributed by atoms with E-state index < -0.39 is 0 Å². The average Bonchev–Trinajstić information content (AvgIpc) is 2.41. The highest BCUT2D eigenvalue weighted by atomic mass is 79.9. The quantitative estimate of drug-likeness (QED) is 0.846. The summed E-state index contributed by atoms with van der Waals surface area (Å²) in [6.07, 6.45) is 1.61. The maximum absolute atomic E-state index is 12.0. The zero-order chi connectivity index (χ0) is 13.8. The molecule has 0 spiro atoms. The maximum Gasteiger partial charge on any atom is 0.256 e. The van der Waals surface area contributed by atoms with Crippen LogP contribution in [0.3, 0.4) is 0 Å². The molecule has 2 rings (SSSR count). The Balaban J connectivity index is 2.16. The summed E-state index contributed by atoms with van der Waals surface area (Å²) >= 11 is 8.17. The Bertz CT molecular complexity index is 628. The molecule has 0 aliphatic rings. The number of thiocarbonyl (C=S) groups is 1. The Morgan fingerprint density at radius 2 is 1.84 bits per heavy atom. The lowest BCUT2D eigenvalue weighted by Gasteiger charge is -2.06. The molecule has 1 amide bonds. The summed E-state index contributed by atoms with van der Waals surface area (Å²) in [4.78, 5) is 16.4. The second-order valence-electron chi connectivity index (χ2n) is 3.73. The second kappa shape index (κ2) is 5.90. The van der Waals surface area contributed by atoms with E-state index in [1.165, 1.54) is 0 Å². The van der Waals surface area contributed by atoms with Crippen LogP contribution in [0.15, 0.2) is 47.1 Å². The number of nitrogens with two attached hydrogens (primary N) is 1. The molecule has 0 bridgehead atoms. The maximum atomic E-state index is 12.0. The SMILES string of the molecule is NC(=S)c1ccc(C(=O)Nc2ncccc2Br)cc1. The molecule has 0 aliphatic carbocycles. The van der Waals surface area contributed by atoms with Gasteiger partial charge in [-0.3, -0.25) is 4.79 Å². The van der Waals surface area contributed by atoms with E-state index in [9.17, 15) is 4.79 Å². The zero-order valence-electron chi connectivity index (χ0n) is 9.76. The molecule has 3 N–H and O–H groups in total. The number of anilines is 1. The highest BCUT2D eigenvalue weighted by molar-refractivity contribution is 9.10. The van der Waals surface area contributed by atoms with Gasteiger partial charge in [0.1, 0.15) is 10.8 Å². The van der Waals surface area contributed by atoms with E-state index >= 15 is 0 Å². The number of carbonyl (C=O) groups is 1. The number of hydrogen-bond acceptors (Lipinski definition) is 3. The van der Waals surface area contributed by atoms with Crippen LogP contribution in [0.2, 0.25) is 0 Å². The largest absolute Gasteiger partial charge is 0.389 e. The van der Waals surface area contributed by atoms with Gasteiger partial charge in [-0.2, -0.15) is 0 Å². The number of benzene rings is 1. The van der Waals surface area contributed by atoms with Crippen molar-refractivity contribution in [3.8, 4) is 0 Å². The molecule has 1 aromatic heterocycles. The van der Waals surface area contributed by atoms with Crippen molar-refractivity contribution in [2.45, 2.75) is 0 Å². The van der Waals surface area contributed by atoms with Crippen molar-refractivity contribution in [1.82, 2.24) is 4.98 Å². The molecule has 96 valence electrons. The molecule has 1 aromatic carbocycles. The van der Waals surface area contributed by atoms with Crippen molar-refractivity contribution in [2.75, 3.05) is 5.32 Å². The van der Waals surface area contributed by atoms with Gasteiger partial charge in [-0.1, -0.05) is 24.4 Å². The third kappa shape index (κ3) is 3.36. The Morgan fingerprint density at radius 3 is 2.42 bits per heavy atom. The van der Waals surface area contributed by atoms with Gasteiger partial charge in [0.25, 0.3) is 5.91 Å². The summed E-state index contributed by atoms with van der Waals surface area (Å²) in [5.74, 6) is 0.236. The minimum atomic E-state index is -0.242. The highest BCUT2D eigenvalue weighted by Gasteiger charge is 2.09. The van der Waals surface area contributed by atoms with E-state index in [0.29, 0.717) is 16.4 Å². The predicted octanol–water partition coefficient (Wildman–Crippen LogP) is 2.73. The summed E-state index contributed by atoms with van der Waals surface area (Å²) in [6, 6.07) is 10.3. The topological polar surface area (TPSA) is 68.0 Å². The summed E-state index contributed by atoms with van der Waals surface area (Å²) < 4.78 is 0.725. The van der Waals surface area contributed by atoms with Crippen molar-refractivity contribution in [3.63, 3.8) is 0 Å². The Hall–Kier alpha value is -1.79. The smallest absolute Gasteiger partial charge is 0.256 e. The summed E-state index contributed by atoms with van der Waals surface area (Å²) in [5.41, 5.74) is 6.74. The fourth-order valence-corrected chi connectivity index (χ4v) is 1.93. The Labute approximate surface area is 124 Å². The third-order valence-corrected chi connectivity index (χ3v) is 3.30. The fourth-order valence-electron chi connectivity index (χ4n) is 1.44. The van der Waals surface area contributed by atoms with Crippen LogP contribution >= 0.6 is 28.1 Å². The number of pyridine rings is 1. The van der Waals surface area contributed by atoms with Crippen molar-refractivity contribution in [1.29, 1.82) is 0 Å². The normalized spacial score (nSPS) is 9.95.